The molecule has 1 aromatic carbocycles. The first-order chi connectivity index (χ1) is 8.63. The Morgan fingerprint density at radius 2 is 1.68 bits per heavy atom. The van der Waals surface area contributed by atoms with E-state index in [0.29, 0.717) is 11.3 Å². The Labute approximate surface area is 113 Å². The number of benzene rings is 1. The number of hydrogen-bond donors (Lipinski definition) is 2. The van der Waals surface area contributed by atoms with Crippen molar-refractivity contribution in [1.82, 2.24) is 4.72 Å². The molecule has 0 amide bonds. The molecule has 1 aromatic rings. The van der Waals surface area contributed by atoms with Crippen molar-refractivity contribution in [3.63, 3.8) is 0 Å². The van der Waals surface area contributed by atoms with Gasteiger partial charge in [-0.3, -0.25) is 4.72 Å². The van der Waals surface area contributed by atoms with Gasteiger partial charge in [0.25, 0.3) is 10.2 Å². The molecule has 0 saturated carbocycles. The molecular weight excluding hydrogens is 268 g/mol. The number of rotatable bonds is 4. The van der Waals surface area contributed by atoms with Crippen molar-refractivity contribution in [1.29, 1.82) is 0 Å². The summed E-state index contributed by atoms with van der Waals surface area (Å²) in [5.41, 5.74) is 0.160. The van der Waals surface area contributed by atoms with Crippen LogP contribution in [-0.4, -0.2) is 27.0 Å². The lowest BCUT2D eigenvalue weighted by Crippen LogP contribution is -2.26. The Hall–Kier alpha value is -1.60. The Kier molecular flexibility index (Phi) is 4.54. The number of carbonyl (C=O) groups excluding carboxylic acids is 1. The van der Waals surface area contributed by atoms with E-state index in [1.807, 2.05) is 0 Å². The van der Waals surface area contributed by atoms with Gasteiger partial charge >= 0.3 is 5.97 Å². The van der Waals surface area contributed by atoms with E-state index in [2.05, 4.69) is 9.44 Å². The molecule has 19 heavy (non-hydrogen) atoms. The zero-order chi connectivity index (χ0) is 14.7. The van der Waals surface area contributed by atoms with Crippen LogP contribution in [0, 0.1) is 0 Å². The molecule has 0 fully saturated rings. The monoisotopic (exact) mass is 286 g/mol. The van der Waals surface area contributed by atoms with Gasteiger partial charge < -0.3 is 4.74 Å². The van der Waals surface area contributed by atoms with E-state index in [1.54, 1.807) is 20.8 Å². The number of hydrogen-bond acceptors (Lipinski definition) is 4. The first kappa shape index (κ1) is 15.5. The fourth-order valence-corrected chi connectivity index (χ4v) is 1.77. The molecule has 0 radical (unpaired) electrons. The number of esters is 1. The van der Waals surface area contributed by atoms with Crippen LogP contribution in [-0.2, 0) is 14.9 Å². The molecule has 0 aromatic heterocycles. The molecule has 0 saturated heterocycles. The van der Waals surface area contributed by atoms with E-state index in [1.165, 1.54) is 31.3 Å². The fraction of sp³-hybridized carbons (Fsp3) is 0.417. The van der Waals surface area contributed by atoms with E-state index in [0.717, 1.165) is 0 Å². The van der Waals surface area contributed by atoms with E-state index in [-0.39, 0.29) is 0 Å². The molecule has 0 bridgehead atoms. The topological polar surface area (TPSA) is 84.5 Å². The maximum absolute atomic E-state index is 11.7. The molecule has 0 aliphatic carbocycles. The van der Waals surface area contributed by atoms with E-state index < -0.39 is 21.8 Å². The molecule has 0 atom stereocenters. The van der Waals surface area contributed by atoms with Gasteiger partial charge in [0.15, 0.2) is 0 Å². The van der Waals surface area contributed by atoms with E-state index in [9.17, 15) is 13.2 Å². The minimum atomic E-state index is -3.55. The van der Waals surface area contributed by atoms with Crippen LogP contribution < -0.4 is 9.44 Å². The molecular formula is C12H18N2O4S. The second kappa shape index (κ2) is 5.58. The van der Waals surface area contributed by atoms with Gasteiger partial charge in [-0.1, -0.05) is 0 Å². The standard InChI is InChI=1S/C12H18N2O4S/c1-12(2,3)18-11(15)9-5-7-10(8-6-9)14-19(16,17)13-4/h5-8,13-14H,1-4H3. The van der Waals surface area contributed by atoms with Crippen molar-refractivity contribution in [3.05, 3.63) is 29.8 Å². The van der Waals surface area contributed by atoms with Crippen LogP contribution in [0.3, 0.4) is 0 Å². The maximum Gasteiger partial charge on any atom is 0.338 e. The number of ether oxygens (including phenoxy) is 1. The summed E-state index contributed by atoms with van der Waals surface area (Å²) in [4.78, 5) is 11.7. The zero-order valence-corrected chi connectivity index (χ0v) is 12.2. The summed E-state index contributed by atoms with van der Waals surface area (Å²) in [6.45, 7) is 5.33. The minimum Gasteiger partial charge on any atom is -0.456 e. The van der Waals surface area contributed by atoms with Gasteiger partial charge in [0, 0.05) is 12.7 Å². The third-order valence-corrected chi connectivity index (χ3v) is 3.08. The van der Waals surface area contributed by atoms with Gasteiger partial charge in [-0.2, -0.15) is 8.42 Å². The zero-order valence-electron chi connectivity index (χ0n) is 11.4. The maximum atomic E-state index is 11.7. The molecule has 106 valence electrons. The largest absolute Gasteiger partial charge is 0.456 e. The van der Waals surface area contributed by atoms with Gasteiger partial charge in [0.1, 0.15) is 5.60 Å². The van der Waals surface area contributed by atoms with Gasteiger partial charge in [0.2, 0.25) is 0 Å². The van der Waals surface area contributed by atoms with Crippen LogP contribution in [0.4, 0.5) is 5.69 Å². The lowest BCUT2D eigenvalue weighted by Gasteiger charge is -2.19. The summed E-state index contributed by atoms with van der Waals surface area (Å²) in [5.74, 6) is -0.449. The smallest absolute Gasteiger partial charge is 0.338 e. The Morgan fingerprint density at radius 1 is 1.16 bits per heavy atom. The van der Waals surface area contributed by atoms with Crippen LogP contribution in [0.1, 0.15) is 31.1 Å². The van der Waals surface area contributed by atoms with Crippen molar-refractivity contribution >= 4 is 21.9 Å². The van der Waals surface area contributed by atoms with Crippen molar-refractivity contribution in [2.24, 2.45) is 0 Å². The molecule has 6 nitrogen and oxygen atoms in total. The fourth-order valence-electron chi connectivity index (χ4n) is 1.22. The van der Waals surface area contributed by atoms with Crippen molar-refractivity contribution in [2.75, 3.05) is 11.8 Å². The van der Waals surface area contributed by atoms with Crippen LogP contribution in [0.25, 0.3) is 0 Å². The van der Waals surface area contributed by atoms with Crippen LogP contribution in [0.5, 0.6) is 0 Å². The molecule has 1 rings (SSSR count). The van der Waals surface area contributed by atoms with Gasteiger partial charge in [0.05, 0.1) is 5.56 Å². The molecule has 0 heterocycles. The molecule has 2 N–H and O–H groups in total. The predicted octanol–water partition coefficient (Wildman–Crippen LogP) is 1.52. The van der Waals surface area contributed by atoms with Gasteiger partial charge in [-0.25, -0.2) is 9.52 Å². The highest BCUT2D eigenvalue weighted by atomic mass is 32.2. The second-order valence-electron chi connectivity index (χ2n) is 4.89. The minimum absolute atomic E-state index is 0.363. The van der Waals surface area contributed by atoms with E-state index >= 15 is 0 Å². The lowest BCUT2D eigenvalue weighted by atomic mass is 10.1. The average molecular weight is 286 g/mol. The summed E-state index contributed by atoms with van der Waals surface area (Å²) in [7, 11) is -2.25. The quantitative estimate of drug-likeness (QED) is 0.822. The lowest BCUT2D eigenvalue weighted by molar-refractivity contribution is 0.00696. The van der Waals surface area contributed by atoms with Crippen LogP contribution in [0.2, 0.25) is 0 Å². The summed E-state index contributed by atoms with van der Waals surface area (Å²) < 4.78 is 32.1. The Morgan fingerprint density at radius 3 is 2.11 bits per heavy atom. The Bertz CT molecular complexity index is 544. The van der Waals surface area contributed by atoms with Crippen molar-refractivity contribution < 1.29 is 17.9 Å². The number of anilines is 1. The highest BCUT2D eigenvalue weighted by Gasteiger charge is 2.17. The van der Waals surface area contributed by atoms with E-state index in [4.69, 9.17) is 4.74 Å². The Balaban J connectivity index is 2.80. The molecule has 0 aliphatic heterocycles. The summed E-state index contributed by atoms with van der Waals surface area (Å²) in [6.07, 6.45) is 0. The highest BCUT2D eigenvalue weighted by molar-refractivity contribution is 7.90. The first-order valence-electron chi connectivity index (χ1n) is 5.68. The summed E-state index contributed by atoms with van der Waals surface area (Å²) >= 11 is 0. The van der Waals surface area contributed by atoms with Crippen LogP contribution >= 0.6 is 0 Å². The average Bonchev–Trinajstić information content (AvgIpc) is 2.27. The third-order valence-electron chi connectivity index (χ3n) is 2.04. The summed E-state index contributed by atoms with van der Waals surface area (Å²) in [5, 5.41) is 0. The predicted molar refractivity (Wildman–Crippen MR) is 73.2 cm³/mol. The molecule has 0 spiro atoms. The first-order valence-corrected chi connectivity index (χ1v) is 7.16. The second-order valence-corrected chi connectivity index (χ2v) is 6.51. The highest BCUT2D eigenvalue weighted by Crippen LogP contribution is 2.15. The normalized spacial score (nSPS) is 12.0. The van der Waals surface area contributed by atoms with Gasteiger partial charge in [-0.15, -0.1) is 0 Å². The number of carbonyl (C=O) groups is 1. The summed E-state index contributed by atoms with van der Waals surface area (Å²) in [6, 6.07) is 5.99. The van der Waals surface area contributed by atoms with Crippen molar-refractivity contribution in [3.8, 4) is 0 Å². The van der Waals surface area contributed by atoms with Crippen molar-refractivity contribution in [2.45, 2.75) is 26.4 Å². The number of nitrogens with one attached hydrogen (secondary N) is 2. The SMILES string of the molecule is CNS(=O)(=O)Nc1ccc(C(=O)OC(C)(C)C)cc1. The van der Waals surface area contributed by atoms with Gasteiger partial charge in [-0.05, 0) is 45.0 Å². The third kappa shape index (κ3) is 5.27. The molecule has 0 aliphatic rings. The van der Waals surface area contributed by atoms with Crippen LogP contribution in [0.15, 0.2) is 24.3 Å². The molecule has 7 heteroatoms. The molecule has 0 unspecified atom stereocenters.